The average molecular weight is 306 g/mol. The van der Waals surface area contributed by atoms with Crippen LogP contribution in [0.15, 0.2) is 0 Å². The largest absolute Gasteiger partial charge is 0.393 e. The van der Waals surface area contributed by atoms with Crippen molar-refractivity contribution in [2.24, 2.45) is 23.0 Å². The lowest BCUT2D eigenvalue weighted by Gasteiger charge is -2.47. The van der Waals surface area contributed by atoms with E-state index in [0.29, 0.717) is 12.3 Å². The smallest absolute Gasteiger partial charge is 0.326 e. The van der Waals surface area contributed by atoms with E-state index in [4.69, 9.17) is 5.73 Å². The summed E-state index contributed by atoms with van der Waals surface area (Å²) in [4.78, 5) is 2.03. The highest BCUT2D eigenvalue weighted by atomic mass is 19.4. The van der Waals surface area contributed by atoms with E-state index < -0.39 is 12.1 Å². The molecular weight excluding hydrogens is 277 g/mol. The quantitative estimate of drug-likeness (QED) is 0.798. The molecule has 0 aromatic carbocycles. The van der Waals surface area contributed by atoms with E-state index in [0.717, 1.165) is 25.8 Å². The Hall–Kier alpha value is -0.290. The molecule has 0 amide bonds. The molecule has 5 heteroatoms. The van der Waals surface area contributed by atoms with Crippen molar-refractivity contribution >= 4 is 0 Å². The molecule has 1 aliphatic heterocycles. The van der Waals surface area contributed by atoms with E-state index in [2.05, 4.69) is 20.8 Å². The molecule has 21 heavy (non-hydrogen) atoms. The Morgan fingerprint density at radius 2 is 1.67 bits per heavy atom. The van der Waals surface area contributed by atoms with Crippen LogP contribution in [0.25, 0.3) is 0 Å². The number of nitrogens with two attached hydrogens (primary N) is 1. The Kier molecular flexibility index (Phi) is 4.94. The molecule has 0 bridgehead atoms. The maximum absolute atomic E-state index is 13.0. The Balaban J connectivity index is 2.04. The van der Waals surface area contributed by atoms with Crippen LogP contribution in [0.5, 0.6) is 0 Å². The van der Waals surface area contributed by atoms with E-state index in [-0.39, 0.29) is 30.5 Å². The molecule has 0 radical (unpaired) electrons. The summed E-state index contributed by atoms with van der Waals surface area (Å²) >= 11 is 0. The fraction of sp³-hybridized carbons (Fsp3) is 1.00. The first-order chi connectivity index (χ1) is 9.59. The summed E-state index contributed by atoms with van der Waals surface area (Å²) in [6.07, 6.45) is -0.203. The van der Waals surface area contributed by atoms with E-state index >= 15 is 0 Å². The van der Waals surface area contributed by atoms with Crippen LogP contribution in [0.4, 0.5) is 13.2 Å². The lowest BCUT2D eigenvalue weighted by atomic mass is 9.69. The summed E-state index contributed by atoms with van der Waals surface area (Å²) in [6, 6.07) is 0.142. The number of likely N-dealkylation sites (tertiary alicyclic amines) is 1. The molecule has 124 valence electrons. The molecule has 0 aromatic heterocycles. The van der Waals surface area contributed by atoms with E-state index in [9.17, 15) is 13.2 Å². The van der Waals surface area contributed by atoms with Gasteiger partial charge in [-0.05, 0) is 50.0 Å². The van der Waals surface area contributed by atoms with Gasteiger partial charge < -0.3 is 5.73 Å². The summed E-state index contributed by atoms with van der Waals surface area (Å²) in [7, 11) is 0. The van der Waals surface area contributed by atoms with Gasteiger partial charge in [0.15, 0.2) is 0 Å². The van der Waals surface area contributed by atoms with Crippen molar-refractivity contribution in [2.45, 2.75) is 71.1 Å². The molecule has 4 atom stereocenters. The first kappa shape index (κ1) is 17.1. The predicted molar refractivity (Wildman–Crippen MR) is 78.9 cm³/mol. The highest BCUT2D eigenvalue weighted by Crippen LogP contribution is 2.41. The molecule has 4 unspecified atom stereocenters. The number of rotatable bonds is 1. The van der Waals surface area contributed by atoms with Gasteiger partial charge in [-0.25, -0.2) is 0 Å². The zero-order chi connectivity index (χ0) is 15.8. The summed E-state index contributed by atoms with van der Waals surface area (Å²) in [6.45, 7) is 7.57. The standard InChI is InChI=1S/C16H29F3N2/c1-15(2,3)11-6-7-13(20)14(9-11)21-8-4-5-12(10-21)16(17,18)19/h11-14H,4-10,20H2,1-3H3. The molecule has 2 nitrogen and oxygen atoms in total. The zero-order valence-electron chi connectivity index (χ0n) is 13.4. The van der Waals surface area contributed by atoms with Gasteiger partial charge in [0.25, 0.3) is 0 Å². The minimum absolute atomic E-state index is 0.0237. The second-order valence-corrected chi connectivity index (χ2v) is 7.98. The zero-order valence-corrected chi connectivity index (χ0v) is 13.4. The van der Waals surface area contributed by atoms with E-state index in [1.807, 2.05) is 4.90 Å². The molecule has 2 aliphatic rings. The third-order valence-corrected chi connectivity index (χ3v) is 5.48. The summed E-state index contributed by atoms with van der Waals surface area (Å²) in [5.41, 5.74) is 6.45. The summed E-state index contributed by atoms with van der Waals surface area (Å²) < 4.78 is 39.0. The molecule has 2 rings (SSSR count). The number of alkyl halides is 3. The van der Waals surface area contributed by atoms with E-state index in [1.54, 1.807) is 0 Å². The average Bonchev–Trinajstić information content (AvgIpc) is 2.37. The lowest BCUT2D eigenvalue weighted by molar-refractivity contribution is -0.189. The van der Waals surface area contributed by atoms with Gasteiger partial charge in [0, 0.05) is 18.6 Å². The molecule has 1 saturated heterocycles. The van der Waals surface area contributed by atoms with Crippen molar-refractivity contribution in [3.8, 4) is 0 Å². The van der Waals surface area contributed by atoms with Crippen LogP contribution in [0, 0.1) is 17.3 Å². The fourth-order valence-corrected chi connectivity index (χ4v) is 3.95. The van der Waals surface area contributed by atoms with Gasteiger partial charge in [-0.15, -0.1) is 0 Å². The number of hydrogen-bond acceptors (Lipinski definition) is 2. The number of hydrogen-bond donors (Lipinski definition) is 1. The fourth-order valence-electron chi connectivity index (χ4n) is 3.95. The molecule has 1 heterocycles. The first-order valence-corrected chi connectivity index (χ1v) is 8.15. The van der Waals surface area contributed by atoms with Crippen LogP contribution >= 0.6 is 0 Å². The Labute approximate surface area is 126 Å². The number of piperidine rings is 1. The normalized spacial score (nSPS) is 36.7. The third kappa shape index (κ3) is 4.13. The van der Waals surface area contributed by atoms with Crippen molar-refractivity contribution in [1.29, 1.82) is 0 Å². The van der Waals surface area contributed by atoms with Crippen LogP contribution < -0.4 is 5.73 Å². The van der Waals surface area contributed by atoms with Gasteiger partial charge in [-0.2, -0.15) is 13.2 Å². The minimum Gasteiger partial charge on any atom is -0.326 e. The number of nitrogens with zero attached hydrogens (tertiary/aromatic N) is 1. The van der Waals surface area contributed by atoms with Crippen LogP contribution in [0.2, 0.25) is 0 Å². The molecule has 0 spiro atoms. The minimum atomic E-state index is -4.07. The molecule has 2 N–H and O–H groups in total. The van der Waals surface area contributed by atoms with Gasteiger partial charge in [-0.1, -0.05) is 20.8 Å². The lowest BCUT2D eigenvalue weighted by Crippen LogP contribution is -2.56. The van der Waals surface area contributed by atoms with Crippen molar-refractivity contribution in [2.75, 3.05) is 13.1 Å². The van der Waals surface area contributed by atoms with Gasteiger partial charge in [0.1, 0.15) is 0 Å². The van der Waals surface area contributed by atoms with Crippen LogP contribution in [-0.2, 0) is 0 Å². The topological polar surface area (TPSA) is 29.3 Å². The number of halogens is 3. The highest BCUT2D eigenvalue weighted by Gasteiger charge is 2.45. The molecule has 2 fully saturated rings. The highest BCUT2D eigenvalue weighted by molar-refractivity contribution is 4.94. The SMILES string of the molecule is CC(C)(C)C1CCC(N)C(N2CCCC(C(F)(F)F)C2)C1. The molecular formula is C16H29F3N2. The van der Waals surface area contributed by atoms with Crippen molar-refractivity contribution in [1.82, 2.24) is 4.90 Å². The van der Waals surface area contributed by atoms with Gasteiger partial charge in [-0.3, -0.25) is 4.90 Å². The molecule has 0 aromatic rings. The first-order valence-electron chi connectivity index (χ1n) is 8.15. The second kappa shape index (κ2) is 6.07. The maximum atomic E-state index is 13.0. The van der Waals surface area contributed by atoms with Crippen LogP contribution in [0.3, 0.4) is 0 Å². The third-order valence-electron chi connectivity index (χ3n) is 5.48. The van der Waals surface area contributed by atoms with Gasteiger partial charge in [0.2, 0.25) is 0 Å². The molecule has 1 saturated carbocycles. The van der Waals surface area contributed by atoms with Crippen molar-refractivity contribution in [3.63, 3.8) is 0 Å². The predicted octanol–water partition coefficient (Wildman–Crippen LogP) is 3.80. The van der Waals surface area contributed by atoms with Gasteiger partial charge >= 0.3 is 6.18 Å². The van der Waals surface area contributed by atoms with Crippen LogP contribution in [0.1, 0.15) is 52.9 Å². The summed E-state index contributed by atoms with van der Waals surface area (Å²) in [5.74, 6) is -0.623. The Morgan fingerprint density at radius 1 is 1.00 bits per heavy atom. The maximum Gasteiger partial charge on any atom is 0.393 e. The molecule has 1 aliphatic carbocycles. The van der Waals surface area contributed by atoms with Gasteiger partial charge in [0.05, 0.1) is 5.92 Å². The Bertz CT molecular complexity index is 348. The van der Waals surface area contributed by atoms with Crippen molar-refractivity contribution in [3.05, 3.63) is 0 Å². The van der Waals surface area contributed by atoms with Crippen LogP contribution in [-0.4, -0.2) is 36.2 Å². The second-order valence-electron chi connectivity index (χ2n) is 7.98. The Morgan fingerprint density at radius 3 is 2.24 bits per heavy atom. The van der Waals surface area contributed by atoms with E-state index in [1.165, 1.54) is 0 Å². The summed E-state index contributed by atoms with van der Waals surface area (Å²) in [5, 5.41) is 0. The van der Waals surface area contributed by atoms with Crippen molar-refractivity contribution < 1.29 is 13.2 Å². The monoisotopic (exact) mass is 306 g/mol.